The van der Waals surface area contributed by atoms with Gasteiger partial charge in [-0.1, -0.05) is 106 Å². The Hall–Kier alpha value is -8.84. The molecule has 0 fully saturated rings. The van der Waals surface area contributed by atoms with Crippen LogP contribution in [0.1, 0.15) is 44.5 Å². The third kappa shape index (κ3) is 5.37. The molecule has 0 spiro atoms. The molecule has 6 heteroatoms. The first kappa shape index (κ1) is 39.5. The minimum atomic E-state index is 0.398. The van der Waals surface area contributed by atoms with Crippen molar-refractivity contribution >= 4 is 87.2 Å². The summed E-state index contributed by atoms with van der Waals surface area (Å²) in [5.74, 6) is 0. The maximum absolute atomic E-state index is 12.4. The summed E-state index contributed by atoms with van der Waals surface area (Å²) in [5, 5.41) is 33.4. The monoisotopic (exact) mass is 872 g/mol. The Labute approximate surface area is 392 Å². The third-order valence-electron chi connectivity index (χ3n) is 14.3. The molecule has 0 amide bonds. The topological polar surface area (TPSA) is 67.3 Å². The number of fused-ring (bicyclic) bond motifs is 12. The van der Waals surface area contributed by atoms with E-state index < -0.39 is 0 Å². The zero-order chi connectivity index (χ0) is 46.3. The van der Waals surface area contributed by atoms with Gasteiger partial charge in [0.05, 0.1) is 66.9 Å². The number of rotatable bonds is 4. The number of aromatic nitrogens is 4. The predicted molar refractivity (Wildman–Crippen MR) is 282 cm³/mol. The van der Waals surface area contributed by atoms with Gasteiger partial charge in [-0.25, -0.2) is 0 Å². The quantitative estimate of drug-likeness (QED) is 0.177. The Bertz CT molecular complexity index is 4190. The number of benzene rings is 9. The SMILES string of the molecule is Cc1ccc2c(c1)c1cc(C)ccc1n2-c1c(C#N)c(-n2c3ccccc3c3cc(C)ccc32)c(-n2c3ccc(C)cc3c3cc(C)ccc32)c(-n2c3ccccc3c3cc(C)ccc32)c1C#N. The molecule has 322 valence electrons. The van der Waals surface area contributed by atoms with Crippen molar-refractivity contribution in [2.75, 3.05) is 0 Å². The Kier molecular flexibility index (Phi) is 8.33. The molecule has 0 N–H and O–H groups in total. The molecule has 9 aromatic carbocycles. The molecule has 0 aliphatic carbocycles. The van der Waals surface area contributed by atoms with Crippen molar-refractivity contribution in [2.24, 2.45) is 0 Å². The largest absolute Gasteiger partial charge is 0.306 e. The molecule has 0 atom stereocenters. The van der Waals surface area contributed by atoms with Crippen LogP contribution >= 0.6 is 0 Å². The summed E-state index contributed by atoms with van der Waals surface area (Å²) in [6, 6.07) is 62.3. The van der Waals surface area contributed by atoms with Crippen molar-refractivity contribution in [2.45, 2.75) is 41.5 Å². The van der Waals surface area contributed by atoms with Gasteiger partial charge in [-0.05, 0) is 126 Å². The smallest absolute Gasteiger partial charge is 0.104 e. The van der Waals surface area contributed by atoms with Gasteiger partial charge in [0.25, 0.3) is 0 Å². The zero-order valence-electron chi connectivity index (χ0n) is 38.7. The van der Waals surface area contributed by atoms with E-state index in [0.29, 0.717) is 28.2 Å². The summed E-state index contributed by atoms with van der Waals surface area (Å²) >= 11 is 0. The van der Waals surface area contributed by atoms with Crippen LogP contribution in [-0.2, 0) is 0 Å². The molecule has 0 saturated carbocycles. The van der Waals surface area contributed by atoms with E-state index in [9.17, 15) is 10.5 Å². The second-order valence-corrected chi connectivity index (χ2v) is 18.9. The highest BCUT2D eigenvalue weighted by atomic mass is 15.1. The number of nitrogens with zero attached hydrogens (tertiary/aromatic N) is 6. The van der Waals surface area contributed by atoms with Crippen LogP contribution in [0, 0.1) is 64.2 Å². The van der Waals surface area contributed by atoms with Gasteiger partial charge < -0.3 is 18.3 Å². The average molecular weight is 873 g/mol. The number of hydrogen-bond donors (Lipinski definition) is 0. The molecule has 13 rings (SSSR count). The highest BCUT2D eigenvalue weighted by Crippen LogP contribution is 2.49. The molecular formula is C62H44N6. The van der Waals surface area contributed by atoms with Gasteiger partial charge in [-0.15, -0.1) is 0 Å². The standard InChI is InChI=1S/C62H44N6/c1-35-15-21-53-43(27-35)41-11-7-9-13-51(41)66(53)60-49(33-63)59(65-55-23-17-37(3)29-45(55)46-30-38(4)18-24-56(46)65)50(34-64)61(67-52-14-10-8-12-42(52)44-28-36(2)16-22-54(44)67)62(60)68-57-25-19-39(5)31-47(57)48-32-40(6)20-26-58(48)68/h7-32H,1-6H3. The molecule has 4 aromatic heterocycles. The fraction of sp³-hybridized carbons (Fsp3) is 0.0968. The molecule has 13 aromatic rings. The van der Waals surface area contributed by atoms with Gasteiger partial charge in [0.2, 0.25) is 0 Å². The number of hydrogen-bond acceptors (Lipinski definition) is 2. The normalized spacial score (nSPS) is 11.9. The van der Waals surface area contributed by atoms with E-state index >= 15 is 0 Å². The van der Waals surface area contributed by atoms with Crippen molar-refractivity contribution < 1.29 is 0 Å². The lowest BCUT2D eigenvalue weighted by atomic mass is 9.98. The van der Waals surface area contributed by atoms with Crippen LogP contribution in [0.3, 0.4) is 0 Å². The van der Waals surface area contributed by atoms with Gasteiger partial charge in [0, 0.05) is 43.1 Å². The molecular weight excluding hydrogens is 829 g/mol. The summed E-state index contributed by atoms with van der Waals surface area (Å²) in [5.41, 5.74) is 18.0. The van der Waals surface area contributed by atoms with Gasteiger partial charge in [0.15, 0.2) is 0 Å². The van der Waals surface area contributed by atoms with Crippen LogP contribution in [0.25, 0.3) is 110 Å². The minimum absolute atomic E-state index is 0.398. The summed E-state index contributed by atoms with van der Waals surface area (Å²) in [7, 11) is 0. The fourth-order valence-electron chi connectivity index (χ4n) is 11.4. The van der Waals surface area contributed by atoms with Crippen LogP contribution in [0.5, 0.6) is 0 Å². The molecule has 4 heterocycles. The van der Waals surface area contributed by atoms with E-state index in [2.05, 4.69) is 230 Å². The van der Waals surface area contributed by atoms with E-state index in [0.717, 1.165) is 126 Å². The summed E-state index contributed by atoms with van der Waals surface area (Å²) < 4.78 is 9.17. The van der Waals surface area contributed by atoms with E-state index in [1.807, 2.05) is 0 Å². The van der Waals surface area contributed by atoms with Gasteiger partial charge in [0.1, 0.15) is 23.3 Å². The lowest BCUT2D eigenvalue weighted by Gasteiger charge is -2.27. The second-order valence-electron chi connectivity index (χ2n) is 18.9. The number of nitriles is 2. The van der Waals surface area contributed by atoms with Crippen molar-refractivity contribution in [1.29, 1.82) is 10.5 Å². The highest BCUT2D eigenvalue weighted by molar-refractivity contribution is 6.16. The zero-order valence-corrected chi connectivity index (χ0v) is 38.7. The maximum Gasteiger partial charge on any atom is 0.104 e. The average Bonchev–Trinajstić information content (AvgIpc) is 4.04. The van der Waals surface area contributed by atoms with Crippen LogP contribution < -0.4 is 0 Å². The van der Waals surface area contributed by atoms with E-state index in [1.165, 1.54) is 0 Å². The Morgan fingerprint density at radius 2 is 0.500 bits per heavy atom. The van der Waals surface area contributed by atoms with E-state index in [-0.39, 0.29) is 0 Å². The number of para-hydroxylation sites is 2. The minimum Gasteiger partial charge on any atom is -0.306 e. The van der Waals surface area contributed by atoms with Gasteiger partial charge in [-0.3, -0.25) is 0 Å². The van der Waals surface area contributed by atoms with Crippen molar-refractivity contribution in [3.63, 3.8) is 0 Å². The summed E-state index contributed by atoms with van der Waals surface area (Å²) in [4.78, 5) is 0. The molecule has 0 radical (unpaired) electrons. The second kappa shape index (κ2) is 14.3. The van der Waals surface area contributed by atoms with E-state index in [4.69, 9.17) is 0 Å². The first-order valence-corrected chi connectivity index (χ1v) is 23.2. The Morgan fingerprint density at radius 3 is 0.794 bits per heavy atom. The molecule has 0 unspecified atom stereocenters. The highest BCUT2D eigenvalue weighted by Gasteiger charge is 2.34. The maximum atomic E-state index is 12.4. The first-order chi connectivity index (χ1) is 33.1. The lowest BCUT2D eigenvalue weighted by molar-refractivity contribution is 1.02. The molecule has 6 nitrogen and oxygen atoms in total. The Balaban J connectivity index is 1.40. The summed E-state index contributed by atoms with van der Waals surface area (Å²) in [6.45, 7) is 12.8. The van der Waals surface area contributed by atoms with Gasteiger partial charge in [-0.2, -0.15) is 10.5 Å². The predicted octanol–water partition coefficient (Wildman–Crippen LogP) is 15.7. The van der Waals surface area contributed by atoms with Crippen LogP contribution in [0.4, 0.5) is 0 Å². The molecule has 0 aliphatic rings. The molecule has 0 bridgehead atoms. The van der Waals surface area contributed by atoms with Crippen molar-refractivity contribution in [3.05, 3.63) is 202 Å². The fourth-order valence-corrected chi connectivity index (χ4v) is 11.4. The van der Waals surface area contributed by atoms with Crippen LogP contribution in [0.2, 0.25) is 0 Å². The van der Waals surface area contributed by atoms with Crippen LogP contribution in [-0.4, -0.2) is 18.3 Å². The number of aryl methyl sites for hydroxylation is 6. The van der Waals surface area contributed by atoms with E-state index in [1.54, 1.807) is 0 Å². The first-order valence-electron chi connectivity index (χ1n) is 23.2. The molecule has 0 aliphatic heterocycles. The summed E-state index contributed by atoms with van der Waals surface area (Å²) in [6.07, 6.45) is 0. The van der Waals surface area contributed by atoms with Crippen molar-refractivity contribution in [3.8, 4) is 34.9 Å². The third-order valence-corrected chi connectivity index (χ3v) is 14.3. The van der Waals surface area contributed by atoms with Crippen LogP contribution in [0.15, 0.2) is 158 Å². The van der Waals surface area contributed by atoms with Gasteiger partial charge >= 0.3 is 0 Å². The molecule has 68 heavy (non-hydrogen) atoms. The lowest BCUT2D eigenvalue weighted by Crippen LogP contribution is -2.17. The molecule has 0 saturated heterocycles. The Morgan fingerprint density at radius 1 is 0.265 bits per heavy atom. The van der Waals surface area contributed by atoms with Crippen molar-refractivity contribution in [1.82, 2.24) is 18.3 Å².